The number of halogens is 1. The number of aromatic amines is 1. The summed E-state index contributed by atoms with van der Waals surface area (Å²) in [6, 6.07) is 27.8. The molecule has 0 bridgehead atoms. The molecule has 0 atom stereocenters. The number of H-pyrrole nitrogens is 1. The van der Waals surface area contributed by atoms with E-state index in [1.165, 1.54) is 0 Å². The molecule has 0 unspecified atom stereocenters. The third kappa shape index (κ3) is 4.78. The highest BCUT2D eigenvalue weighted by atomic mass is 35.5. The first-order chi connectivity index (χ1) is 17.0. The van der Waals surface area contributed by atoms with Crippen LogP contribution in [0.1, 0.15) is 15.9 Å². The molecule has 3 N–H and O–H groups in total. The lowest BCUT2D eigenvalue weighted by atomic mass is 10.0. The Bertz CT molecular complexity index is 1590. The van der Waals surface area contributed by atoms with Crippen LogP contribution >= 0.6 is 11.6 Å². The van der Waals surface area contributed by atoms with Gasteiger partial charge in [0.05, 0.1) is 5.69 Å². The molecular weight excluding hydrogens is 460 g/mol. The van der Waals surface area contributed by atoms with Crippen LogP contribution in [0, 0.1) is 6.92 Å². The van der Waals surface area contributed by atoms with Gasteiger partial charge >= 0.3 is 0 Å². The first-order valence-electron chi connectivity index (χ1n) is 11.0. The summed E-state index contributed by atoms with van der Waals surface area (Å²) >= 11 is 5.94. The molecule has 0 aliphatic carbocycles. The summed E-state index contributed by atoms with van der Waals surface area (Å²) in [5.74, 6) is 0.140. The van der Waals surface area contributed by atoms with Crippen molar-refractivity contribution in [1.29, 1.82) is 0 Å². The quantitative estimate of drug-likeness (QED) is 0.266. The molecule has 0 saturated heterocycles. The molecule has 4 aromatic carbocycles. The van der Waals surface area contributed by atoms with E-state index in [1.807, 2.05) is 54.6 Å². The Labute approximate surface area is 206 Å². The zero-order valence-corrected chi connectivity index (χ0v) is 19.6. The predicted octanol–water partition coefficient (Wildman–Crippen LogP) is 6.55. The van der Waals surface area contributed by atoms with Crippen molar-refractivity contribution >= 4 is 45.6 Å². The van der Waals surface area contributed by atoms with Crippen LogP contribution in [0.3, 0.4) is 0 Å². The molecule has 35 heavy (non-hydrogen) atoms. The van der Waals surface area contributed by atoms with Crippen molar-refractivity contribution in [2.24, 2.45) is 0 Å². The fourth-order valence-corrected chi connectivity index (χ4v) is 4.00. The number of fused-ring (bicyclic) bond motifs is 1. The van der Waals surface area contributed by atoms with Crippen molar-refractivity contribution in [1.82, 2.24) is 9.97 Å². The van der Waals surface area contributed by atoms with Crippen molar-refractivity contribution < 1.29 is 4.79 Å². The maximum Gasteiger partial charge on any atom is 0.256 e. The standard InChI is InChI=1S/C28H21ClN4O2/c1-17-25(32-28(33-26(17)34)31-22-15-11-20(29)12-16-22)19-9-13-21(14-10-19)30-27(35)24-8-4-6-18-5-2-3-7-23(18)24/h2-16H,1H3,(H,30,35)(H2,31,32,33,34). The molecule has 0 radical (unpaired) electrons. The van der Waals surface area contributed by atoms with Crippen molar-refractivity contribution in [2.75, 3.05) is 10.6 Å². The minimum absolute atomic E-state index is 0.186. The topological polar surface area (TPSA) is 86.9 Å². The second kappa shape index (κ2) is 9.44. The predicted molar refractivity (Wildman–Crippen MR) is 142 cm³/mol. The van der Waals surface area contributed by atoms with Gasteiger partial charge in [0.15, 0.2) is 0 Å². The Hall–Kier alpha value is -4.42. The average molecular weight is 481 g/mol. The lowest BCUT2D eigenvalue weighted by molar-refractivity contribution is 0.102. The SMILES string of the molecule is Cc1c(-c2ccc(NC(=O)c3cccc4ccccc34)cc2)nc(Nc2ccc(Cl)cc2)[nH]c1=O. The number of hydrogen-bond donors (Lipinski definition) is 3. The van der Waals surface area contributed by atoms with E-state index in [-0.39, 0.29) is 11.5 Å². The summed E-state index contributed by atoms with van der Waals surface area (Å²) in [4.78, 5) is 32.8. The highest BCUT2D eigenvalue weighted by Crippen LogP contribution is 2.25. The molecule has 0 spiro atoms. The Balaban J connectivity index is 1.39. The van der Waals surface area contributed by atoms with Crippen molar-refractivity contribution in [3.8, 4) is 11.3 Å². The third-order valence-corrected chi connectivity index (χ3v) is 5.96. The van der Waals surface area contributed by atoms with Crippen LogP contribution in [0.15, 0.2) is 95.8 Å². The Morgan fingerprint density at radius 2 is 1.54 bits per heavy atom. The van der Waals surface area contributed by atoms with Crippen LogP contribution in [0.25, 0.3) is 22.0 Å². The zero-order valence-electron chi connectivity index (χ0n) is 18.8. The van der Waals surface area contributed by atoms with Gasteiger partial charge in [-0.3, -0.25) is 14.6 Å². The minimum atomic E-state index is -0.236. The number of anilines is 3. The van der Waals surface area contributed by atoms with Gasteiger partial charge in [-0.1, -0.05) is 60.1 Å². The number of carbonyl (C=O) groups excluding carboxylic acids is 1. The number of nitrogens with one attached hydrogen (secondary N) is 3. The molecule has 0 fully saturated rings. The summed E-state index contributed by atoms with van der Waals surface area (Å²) in [6.07, 6.45) is 0. The molecular formula is C28H21ClN4O2. The van der Waals surface area contributed by atoms with E-state index < -0.39 is 0 Å². The molecule has 5 aromatic rings. The maximum atomic E-state index is 12.9. The number of aromatic nitrogens is 2. The van der Waals surface area contributed by atoms with Gasteiger partial charge in [-0.25, -0.2) is 4.98 Å². The first kappa shape index (κ1) is 22.4. The third-order valence-electron chi connectivity index (χ3n) is 5.71. The Morgan fingerprint density at radius 3 is 2.31 bits per heavy atom. The molecule has 1 amide bonds. The van der Waals surface area contributed by atoms with Gasteiger partial charge in [-0.05, 0) is 60.2 Å². The van der Waals surface area contributed by atoms with E-state index in [4.69, 9.17) is 11.6 Å². The molecule has 0 aliphatic rings. The van der Waals surface area contributed by atoms with Gasteiger partial charge in [0, 0.05) is 33.1 Å². The van der Waals surface area contributed by atoms with Crippen LogP contribution in [-0.2, 0) is 0 Å². The zero-order chi connectivity index (χ0) is 24.4. The van der Waals surface area contributed by atoms with E-state index in [1.54, 1.807) is 43.3 Å². The van der Waals surface area contributed by atoms with Gasteiger partial charge in [0.1, 0.15) is 0 Å². The van der Waals surface area contributed by atoms with E-state index in [2.05, 4.69) is 20.6 Å². The van der Waals surface area contributed by atoms with Crippen molar-refractivity contribution in [3.05, 3.63) is 117 Å². The fourth-order valence-electron chi connectivity index (χ4n) is 3.88. The monoisotopic (exact) mass is 480 g/mol. The van der Waals surface area contributed by atoms with Crippen LogP contribution in [0.4, 0.5) is 17.3 Å². The molecule has 6 nitrogen and oxygen atoms in total. The normalized spacial score (nSPS) is 10.8. The molecule has 1 heterocycles. The van der Waals surface area contributed by atoms with E-state index >= 15 is 0 Å². The van der Waals surface area contributed by atoms with Gasteiger partial charge < -0.3 is 10.6 Å². The van der Waals surface area contributed by atoms with Gasteiger partial charge in [0.2, 0.25) is 5.95 Å². The second-order valence-corrected chi connectivity index (χ2v) is 8.51. The minimum Gasteiger partial charge on any atom is -0.326 e. The highest BCUT2D eigenvalue weighted by Gasteiger charge is 2.13. The molecule has 172 valence electrons. The fraction of sp³-hybridized carbons (Fsp3) is 0.0357. The van der Waals surface area contributed by atoms with Crippen LogP contribution in [-0.4, -0.2) is 15.9 Å². The summed E-state index contributed by atoms with van der Waals surface area (Å²) in [5, 5.41) is 8.58. The number of nitrogens with zero attached hydrogens (tertiary/aromatic N) is 1. The number of rotatable bonds is 5. The van der Waals surface area contributed by atoms with E-state index in [9.17, 15) is 9.59 Å². The highest BCUT2D eigenvalue weighted by molar-refractivity contribution is 6.30. The number of hydrogen-bond acceptors (Lipinski definition) is 4. The van der Waals surface area contributed by atoms with Crippen molar-refractivity contribution in [3.63, 3.8) is 0 Å². The summed E-state index contributed by atoms with van der Waals surface area (Å²) in [6.45, 7) is 1.73. The summed E-state index contributed by atoms with van der Waals surface area (Å²) < 4.78 is 0. The molecule has 0 saturated carbocycles. The first-order valence-corrected chi connectivity index (χ1v) is 11.4. The number of carbonyl (C=O) groups is 1. The smallest absolute Gasteiger partial charge is 0.256 e. The Kier molecular flexibility index (Phi) is 6.04. The van der Waals surface area contributed by atoms with Crippen LogP contribution in [0.2, 0.25) is 5.02 Å². The van der Waals surface area contributed by atoms with E-state index in [0.717, 1.165) is 22.0 Å². The van der Waals surface area contributed by atoms with Gasteiger partial charge in [0.25, 0.3) is 11.5 Å². The molecule has 0 aliphatic heterocycles. The summed E-state index contributed by atoms with van der Waals surface area (Å²) in [5.41, 5.74) is 3.58. The maximum absolute atomic E-state index is 12.9. The average Bonchev–Trinajstić information content (AvgIpc) is 2.87. The molecule has 5 rings (SSSR count). The molecule has 7 heteroatoms. The van der Waals surface area contributed by atoms with Crippen LogP contribution < -0.4 is 16.2 Å². The van der Waals surface area contributed by atoms with Gasteiger partial charge in [-0.2, -0.15) is 0 Å². The van der Waals surface area contributed by atoms with Gasteiger partial charge in [-0.15, -0.1) is 0 Å². The van der Waals surface area contributed by atoms with Crippen molar-refractivity contribution in [2.45, 2.75) is 6.92 Å². The lowest BCUT2D eigenvalue weighted by Gasteiger charge is -2.11. The second-order valence-electron chi connectivity index (χ2n) is 8.08. The molecule has 1 aromatic heterocycles. The Morgan fingerprint density at radius 1 is 0.857 bits per heavy atom. The van der Waals surface area contributed by atoms with Crippen LogP contribution in [0.5, 0.6) is 0 Å². The largest absolute Gasteiger partial charge is 0.326 e. The lowest BCUT2D eigenvalue weighted by Crippen LogP contribution is -2.15. The number of amides is 1. The summed E-state index contributed by atoms with van der Waals surface area (Å²) in [7, 11) is 0. The number of benzene rings is 4. The van der Waals surface area contributed by atoms with E-state index in [0.29, 0.717) is 33.5 Å².